The second-order valence-electron chi connectivity index (χ2n) is 11.6. The maximum Gasteiger partial charge on any atom is 0.246 e. The molecule has 0 spiro atoms. The van der Waals surface area contributed by atoms with Crippen LogP contribution in [-0.4, -0.2) is 75.8 Å². The molecule has 0 radical (unpaired) electrons. The lowest BCUT2D eigenvalue weighted by Crippen LogP contribution is -2.57. The maximum atomic E-state index is 14.1. The first kappa shape index (κ1) is 33.5. The minimum absolute atomic E-state index is 0.0692. The van der Waals surface area contributed by atoms with E-state index < -0.39 is 53.6 Å². The van der Waals surface area contributed by atoms with E-state index in [4.69, 9.17) is 16.7 Å². The molecule has 9 N–H and O–H groups in total. The molecule has 1 aliphatic rings. The van der Waals surface area contributed by atoms with Crippen LogP contribution in [0.5, 0.6) is 0 Å². The summed E-state index contributed by atoms with van der Waals surface area (Å²) in [5.41, 5.74) is 14.3. The number of aromatic nitrogens is 1. The number of carbonyl (C=O) groups is 5. The van der Waals surface area contributed by atoms with Gasteiger partial charge in [-0.1, -0.05) is 32.0 Å². The SMILES string of the molecule is CC(C)C[C@H](CC(=O)NO)C(=O)N[C@@H](Cc1c[nH]c2ccccc12)C(=O)N1CCC[C@H]1C(=O)N[C@@H](CCCCN)C(N)=O. The fourth-order valence-corrected chi connectivity index (χ4v) is 5.68. The van der Waals surface area contributed by atoms with Crippen LogP contribution in [-0.2, 0) is 30.4 Å². The Morgan fingerprint density at radius 1 is 1.09 bits per heavy atom. The number of primary amides is 1. The van der Waals surface area contributed by atoms with Crippen LogP contribution >= 0.6 is 0 Å². The summed E-state index contributed by atoms with van der Waals surface area (Å²) in [5.74, 6) is -3.49. The number of hydroxylamine groups is 1. The first-order chi connectivity index (χ1) is 20.5. The summed E-state index contributed by atoms with van der Waals surface area (Å²) in [5, 5.41) is 15.5. The molecule has 2 heterocycles. The molecule has 2 aromatic rings. The molecule has 1 saturated heterocycles. The average molecular weight is 600 g/mol. The Bertz CT molecular complexity index is 1280. The molecule has 5 amide bonds. The highest BCUT2D eigenvalue weighted by molar-refractivity contribution is 5.95. The van der Waals surface area contributed by atoms with Crippen LogP contribution in [0.25, 0.3) is 10.9 Å². The lowest BCUT2D eigenvalue weighted by atomic mass is 9.92. The molecule has 0 saturated carbocycles. The third-order valence-electron chi connectivity index (χ3n) is 7.84. The molecule has 13 heteroatoms. The summed E-state index contributed by atoms with van der Waals surface area (Å²) >= 11 is 0. The number of hydrogen-bond acceptors (Lipinski definition) is 7. The zero-order valence-corrected chi connectivity index (χ0v) is 24.9. The Kier molecular flexibility index (Phi) is 12.5. The molecular formula is C30H45N7O6. The van der Waals surface area contributed by atoms with Crippen LogP contribution in [0.4, 0.5) is 0 Å². The monoisotopic (exact) mass is 599 g/mol. The summed E-state index contributed by atoms with van der Waals surface area (Å²) in [6.07, 6.45) is 4.64. The number of aromatic amines is 1. The molecule has 236 valence electrons. The summed E-state index contributed by atoms with van der Waals surface area (Å²) in [7, 11) is 0. The van der Waals surface area contributed by atoms with Crippen molar-refractivity contribution in [2.24, 2.45) is 23.3 Å². The Hall–Kier alpha value is -3.97. The number of nitrogens with two attached hydrogens (primary N) is 2. The van der Waals surface area contributed by atoms with Gasteiger partial charge < -0.3 is 32.0 Å². The van der Waals surface area contributed by atoms with Crippen molar-refractivity contribution in [2.75, 3.05) is 13.1 Å². The molecule has 43 heavy (non-hydrogen) atoms. The number of para-hydroxylation sites is 1. The topological polar surface area (TPSA) is 213 Å². The largest absolute Gasteiger partial charge is 0.368 e. The fraction of sp³-hybridized carbons (Fsp3) is 0.567. The van der Waals surface area contributed by atoms with E-state index in [1.54, 1.807) is 11.7 Å². The van der Waals surface area contributed by atoms with Crippen molar-refractivity contribution in [3.8, 4) is 0 Å². The van der Waals surface area contributed by atoms with Gasteiger partial charge in [-0.25, -0.2) is 5.48 Å². The number of H-pyrrole nitrogens is 1. The van der Waals surface area contributed by atoms with Crippen LogP contribution in [0.3, 0.4) is 0 Å². The zero-order valence-electron chi connectivity index (χ0n) is 24.9. The van der Waals surface area contributed by atoms with Gasteiger partial charge in [0.1, 0.15) is 18.1 Å². The molecule has 1 aromatic heterocycles. The van der Waals surface area contributed by atoms with E-state index in [-0.39, 0.29) is 18.8 Å². The van der Waals surface area contributed by atoms with Crippen LogP contribution in [0.2, 0.25) is 0 Å². The first-order valence-corrected chi connectivity index (χ1v) is 14.9. The number of unbranched alkanes of at least 4 members (excludes halogenated alkanes) is 1. The fourth-order valence-electron chi connectivity index (χ4n) is 5.68. The quantitative estimate of drug-likeness (QED) is 0.0838. The molecule has 1 aromatic carbocycles. The highest BCUT2D eigenvalue weighted by Crippen LogP contribution is 2.24. The molecular weight excluding hydrogens is 554 g/mol. The van der Waals surface area contributed by atoms with Crippen molar-refractivity contribution in [1.29, 1.82) is 0 Å². The number of fused-ring (bicyclic) bond motifs is 1. The molecule has 1 fully saturated rings. The Morgan fingerprint density at radius 3 is 2.51 bits per heavy atom. The van der Waals surface area contributed by atoms with E-state index >= 15 is 0 Å². The summed E-state index contributed by atoms with van der Waals surface area (Å²) < 4.78 is 0. The number of carbonyl (C=O) groups excluding carboxylic acids is 5. The molecule has 0 bridgehead atoms. The van der Waals surface area contributed by atoms with Gasteiger partial charge in [-0.15, -0.1) is 0 Å². The summed E-state index contributed by atoms with van der Waals surface area (Å²) in [6, 6.07) is 4.83. The van der Waals surface area contributed by atoms with Crippen molar-refractivity contribution >= 4 is 40.4 Å². The predicted molar refractivity (Wildman–Crippen MR) is 160 cm³/mol. The average Bonchev–Trinajstić information content (AvgIpc) is 3.63. The van der Waals surface area contributed by atoms with E-state index in [9.17, 15) is 24.0 Å². The van der Waals surface area contributed by atoms with E-state index in [1.165, 1.54) is 4.90 Å². The third kappa shape index (κ3) is 9.26. The normalized spacial score (nSPS) is 17.0. The van der Waals surface area contributed by atoms with Gasteiger partial charge in [0, 0.05) is 42.4 Å². The number of benzene rings is 1. The molecule has 0 aliphatic carbocycles. The van der Waals surface area contributed by atoms with Crippen LogP contribution < -0.4 is 27.6 Å². The van der Waals surface area contributed by atoms with Crippen molar-refractivity contribution in [3.63, 3.8) is 0 Å². The molecule has 0 unspecified atom stereocenters. The third-order valence-corrected chi connectivity index (χ3v) is 7.84. The molecule has 4 atom stereocenters. The number of likely N-dealkylation sites (tertiary alicyclic amines) is 1. The lowest BCUT2D eigenvalue weighted by Gasteiger charge is -2.30. The number of nitrogens with one attached hydrogen (secondary N) is 4. The standard InChI is InChI=1S/C30H45N7O6/c1-18(2)14-19(16-26(38)36-43)28(40)35-24(15-20-17-33-22-9-4-3-8-21(20)22)30(42)37-13-7-11-25(37)29(41)34-23(27(32)39)10-5-6-12-31/h3-4,8-9,17-19,23-25,33,43H,5-7,10-16,31H2,1-2H3,(H2,32,39)(H,34,41)(H,35,40)(H,36,38)/t19-,23+,24+,25+/m1/s1. The second kappa shape index (κ2) is 16.0. The first-order valence-electron chi connectivity index (χ1n) is 14.9. The van der Waals surface area contributed by atoms with E-state index in [2.05, 4.69) is 15.6 Å². The number of nitrogens with zero attached hydrogens (tertiary/aromatic N) is 1. The van der Waals surface area contributed by atoms with Gasteiger partial charge in [-0.3, -0.25) is 29.2 Å². The molecule has 13 nitrogen and oxygen atoms in total. The van der Waals surface area contributed by atoms with Crippen LogP contribution in [0.15, 0.2) is 30.5 Å². The van der Waals surface area contributed by atoms with E-state index in [0.29, 0.717) is 51.6 Å². The van der Waals surface area contributed by atoms with Gasteiger partial charge in [0.05, 0.1) is 0 Å². The number of hydrogen-bond donors (Lipinski definition) is 7. The Labute approximate surface area is 251 Å². The van der Waals surface area contributed by atoms with Crippen LogP contribution in [0, 0.1) is 11.8 Å². The van der Waals surface area contributed by atoms with Gasteiger partial charge >= 0.3 is 0 Å². The Morgan fingerprint density at radius 2 is 1.84 bits per heavy atom. The highest BCUT2D eigenvalue weighted by atomic mass is 16.5. The van der Waals surface area contributed by atoms with Gasteiger partial charge in [0.25, 0.3) is 0 Å². The summed E-state index contributed by atoms with van der Waals surface area (Å²) in [4.78, 5) is 69.6. The van der Waals surface area contributed by atoms with Gasteiger partial charge in [-0.2, -0.15) is 0 Å². The number of rotatable bonds is 16. The van der Waals surface area contributed by atoms with Gasteiger partial charge in [0.15, 0.2) is 0 Å². The van der Waals surface area contributed by atoms with E-state index in [1.807, 2.05) is 38.1 Å². The van der Waals surface area contributed by atoms with E-state index in [0.717, 1.165) is 16.5 Å². The minimum atomic E-state index is -1.04. The lowest BCUT2D eigenvalue weighted by molar-refractivity contribution is -0.143. The van der Waals surface area contributed by atoms with Crippen molar-refractivity contribution in [2.45, 2.75) is 83.3 Å². The molecule has 3 rings (SSSR count). The van der Waals surface area contributed by atoms with Crippen LogP contribution in [0.1, 0.15) is 64.4 Å². The maximum absolute atomic E-state index is 14.1. The smallest absolute Gasteiger partial charge is 0.246 e. The van der Waals surface area contributed by atoms with Crippen molar-refractivity contribution < 1.29 is 29.2 Å². The van der Waals surface area contributed by atoms with Crippen molar-refractivity contribution in [3.05, 3.63) is 36.0 Å². The van der Waals surface area contributed by atoms with Gasteiger partial charge in [0.2, 0.25) is 29.5 Å². The highest BCUT2D eigenvalue weighted by Gasteiger charge is 2.39. The summed E-state index contributed by atoms with van der Waals surface area (Å²) in [6.45, 7) is 4.58. The van der Waals surface area contributed by atoms with Gasteiger partial charge in [-0.05, 0) is 62.6 Å². The minimum Gasteiger partial charge on any atom is -0.368 e. The second-order valence-corrected chi connectivity index (χ2v) is 11.6. The predicted octanol–water partition coefficient (Wildman–Crippen LogP) is 0.843. The van der Waals surface area contributed by atoms with Crippen molar-refractivity contribution in [1.82, 2.24) is 26.0 Å². The zero-order chi connectivity index (χ0) is 31.5. The molecule has 1 aliphatic heterocycles. The Balaban J connectivity index is 1.86. The number of amides is 5.